The number of halogens is 1. The number of carbonyl (C=O) groups excluding carboxylic acids is 1. The van der Waals surface area contributed by atoms with E-state index in [0.29, 0.717) is 17.0 Å². The molecule has 0 radical (unpaired) electrons. The van der Waals surface area contributed by atoms with Crippen molar-refractivity contribution in [2.45, 2.75) is 6.42 Å². The number of nitrogens with zero attached hydrogens (tertiary/aromatic N) is 1. The lowest BCUT2D eigenvalue weighted by molar-refractivity contribution is -0.119. The van der Waals surface area contributed by atoms with Gasteiger partial charge in [0.25, 0.3) is 5.91 Å². The Kier molecular flexibility index (Phi) is 6.40. The van der Waals surface area contributed by atoms with Crippen molar-refractivity contribution < 1.29 is 9.90 Å². The van der Waals surface area contributed by atoms with E-state index in [4.69, 9.17) is 11.6 Å². The van der Waals surface area contributed by atoms with Crippen molar-refractivity contribution >= 4 is 29.4 Å². The molecule has 3 N–H and O–H groups in total. The van der Waals surface area contributed by atoms with Gasteiger partial charge in [0.15, 0.2) is 0 Å². The Balaban J connectivity index is 1.88. The second-order valence-corrected chi connectivity index (χ2v) is 5.44. The number of amides is 1. The number of anilines is 1. The Morgan fingerprint density at radius 3 is 2.83 bits per heavy atom. The van der Waals surface area contributed by atoms with Crippen LogP contribution in [0, 0.1) is 0 Å². The fraction of sp³-hybridized carbons (Fsp3) is 0.111. The molecule has 0 aromatic heterocycles. The molecule has 0 heterocycles. The van der Waals surface area contributed by atoms with Gasteiger partial charge >= 0.3 is 0 Å². The summed E-state index contributed by atoms with van der Waals surface area (Å²) in [6.07, 6.45) is 3.67. The van der Waals surface area contributed by atoms with E-state index >= 15 is 0 Å². The zero-order valence-electron chi connectivity index (χ0n) is 13.0. The van der Waals surface area contributed by atoms with E-state index in [1.165, 1.54) is 6.21 Å². The van der Waals surface area contributed by atoms with Gasteiger partial charge in [-0.15, -0.1) is 6.58 Å². The predicted octanol–water partition coefficient (Wildman–Crippen LogP) is 3.34. The quantitative estimate of drug-likeness (QED) is 0.410. The van der Waals surface area contributed by atoms with Gasteiger partial charge in [-0.3, -0.25) is 4.79 Å². The van der Waals surface area contributed by atoms with E-state index in [2.05, 4.69) is 22.4 Å². The molecule has 2 rings (SSSR count). The van der Waals surface area contributed by atoms with Gasteiger partial charge in [-0.05, 0) is 36.2 Å². The van der Waals surface area contributed by atoms with Gasteiger partial charge in [-0.2, -0.15) is 5.10 Å². The van der Waals surface area contributed by atoms with Crippen LogP contribution in [0.3, 0.4) is 0 Å². The van der Waals surface area contributed by atoms with Crippen LogP contribution in [0.25, 0.3) is 0 Å². The number of phenols is 1. The molecule has 0 aliphatic heterocycles. The molecular weight excluding hydrogens is 326 g/mol. The topological polar surface area (TPSA) is 73.7 Å². The van der Waals surface area contributed by atoms with Crippen molar-refractivity contribution in [1.29, 1.82) is 0 Å². The van der Waals surface area contributed by atoms with Crippen molar-refractivity contribution in [3.05, 3.63) is 71.3 Å². The maximum atomic E-state index is 11.7. The van der Waals surface area contributed by atoms with E-state index in [0.717, 1.165) is 11.3 Å². The number of para-hydroxylation sites is 1. The number of rotatable bonds is 7. The molecule has 0 aliphatic carbocycles. The number of carbonyl (C=O) groups is 1. The molecule has 2 aromatic carbocycles. The Morgan fingerprint density at radius 2 is 2.08 bits per heavy atom. The molecule has 0 aliphatic rings. The summed E-state index contributed by atoms with van der Waals surface area (Å²) in [4.78, 5) is 11.7. The summed E-state index contributed by atoms with van der Waals surface area (Å²) in [5.74, 6) is -0.180. The standard InChI is InChI=1S/C18H18ClN3O2/c1-2-5-13-6-3-7-14(18(13)24)11-21-22-17(23)12-20-16-9-4-8-15(19)10-16/h2-4,6-11,20,24H,1,5,12H2,(H,22,23)/b21-11+. The first-order chi connectivity index (χ1) is 11.6. The van der Waals surface area contributed by atoms with Gasteiger partial charge in [0.1, 0.15) is 5.75 Å². The van der Waals surface area contributed by atoms with Crippen molar-refractivity contribution in [3.8, 4) is 5.75 Å². The van der Waals surface area contributed by atoms with Gasteiger partial charge in [-0.25, -0.2) is 5.43 Å². The molecule has 0 saturated carbocycles. The highest BCUT2D eigenvalue weighted by molar-refractivity contribution is 6.30. The normalized spacial score (nSPS) is 10.5. The molecule has 0 bridgehead atoms. The monoisotopic (exact) mass is 343 g/mol. The maximum absolute atomic E-state index is 11.7. The van der Waals surface area contributed by atoms with Crippen molar-refractivity contribution in [2.75, 3.05) is 11.9 Å². The lowest BCUT2D eigenvalue weighted by Gasteiger charge is -2.06. The van der Waals surface area contributed by atoms with E-state index in [1.54, 1.807) is 30.3 Å². The molecule has 5 nitrogen and oxygen atoms in total. The summed E-state index contributed by atoms with van der Waals surface area (Å²) < 4.78 is 0. The molecule has 1 amide bonds. The third-order valence-electron chi connectivity index (χ3n) is 3.19. The molecule has 0 unspecified atom stereocenters. The lowest BCUT2D eigenvalue weighted by Crippen LogP contribution is -2.25. The molecule has 6 heteroatoms. The van der Waals surface area contributed by atoms with E-state index < -0.39 is 0 Å². The van der Waals surface area contributed by atoms with E-state index in [1.807, 2.05) is 18.2 Å². The minimum atomic E-state index is -0.312. The summed E-state index contributed by atoms with van der Waals surface area (Å²) in [5, 5.41) is 17.5. The van der Waals surface area contributed by atoms with Crippen molar-refractivity contribution in [1.82, 2.24) is 5.43 Å². The second kappa shape index (κ2) is 8.74. The number of aromatic hydroxyl groups is 1. The van der Waals surface area contributed by atoms with Crippen LogP contribution in [0.1, 0.15) is 11.1 Å². The molecule has 124 valence electrons. The van der Waals surface area contributed by atoms with Crippen molar-refractivity contribution in [3.63, 3.8) is 0 Å². The number of hydrogen-bond acceptors (Lipinski definition) is 4. The number of benzene rings is 2. The lowest BCUT2D eigenvalue weighted by atomic mass is 10.1. The Bertz CT molecular complexity index is 760. The number of hydrogen-bond donors (Lipinski definition) is 3. The highest BCUT2D eigenvalue weighted by Crippen LogP contribution is 2.21. The minimum absolute atomic E-state index is 0.0557. The van der Waals surface area contributed by atoms with Crippen LogP contribution in [0.15, 0.2) is 60.2 Å². The zero-order chi connectivity index (χ0) is 17.4. The number of allylic oxidation sites excluding steroid dienone is 1. The largest absolute Gasteiger partial charge is 0.507 e. The average molecular weight is 344 g/mol. The first-order valence-corrected chi connectivity index (χ1v) is 7.71. The van der Waals surface area contributed by atoms with Gasteiger partial charge < -0.3 is 10.4 Å². The second-order valence-electron chi connectivity index (χ2n) is 5.00. The Morgan fingerprint density at radius 1 is 1.29 bits per heavy atom. The summed E-state index contributed by atoms with van der Waals surface area (Å²) in [7, 11) is 0. The summed E-state index contributed by atoms with van der Waals surface area (Å²) >= 11 is 5.87. The van der Waals surface area contributed by atoms with Crippen LogP contribution < -0.4 is 10.7 Å². The fourth-order valence-corrected chi connectivity index (χ4v) is 2.22. The van der Waals surface area contributed by atoms with Gasteiger partial charge in [0.05, 0.1) is 12.8 Å². The van der Waals surface area contributed by atoms with Crippen LogP contribution in [-0.2, 0) is 11.2 Å². The SMILES string of the molecule is C=CCc1cccc(/C=N/NC(=O)CNc2cccc(Cl)c2)c1O. The van der Waals surface area contributed by atoms with Gasteiger partial charge in [0.2, 0.25) is 0 Å². The van der Waals surface area contributed by atoms with Crippen LogP contribution in [0.5, 0.6) is 5.75 Å². The molecule has 0 spiro atoms. The van der Waals surface area contributed by atoms with E-state index in [-0.39, 0.29) is 18.2 Å². The fourth-order valence-electron chi connectivity index (χ4n) is 2.03. The molecule has 0 saturated heterocycles. The molecular formula is C18H18ClN3O2. The van der Waals surface area contributed by atoms with Gasteiger partial charge in [0, 0.05) is 16.3 Å². The third-order valence-corrected chi connectivity index (χ3v) is 3.42. The third kappa shape index (κ3) is 5.14. The minimum Gasteiger partial charge on any atom is -0.507 e. The molecule has 0 fully saturated rings. The van der Waals surface area contributed by atoms with E-state index in [9.17, 15) is 9.90 Å². The van der Waals surface area contributed by atoms with Gasteiger partial charge in [-0.1, -0.05) is 35.9 Å². The summed E-state index contributed by atoms with van der Waals surface area (Å²) in [6.45, 7) is 3.70. The maximum Gasteiger partial charge on any atom is 0.259 e. The summed E-state index contributed by atoms with van der Waals surface area (Å²) in [6, 6.07) is 12.4. The van der Waals surface area contributed by atoms with Crippen LogP contribution in [0.2, 0.25) is 5.02 Å². The molecule has 2 aromatic rings. The van der Waals surface area contributed by atoms with Crippen molar-refractivity contribution in [2.24, 2.45) is 5.10 Å². The van der Waals surface area contributed by atoms with Crippen LogP contribution in [0.4, 0.5) is 5.69 Å². The number of phenolic OH excluding ortho intramolecular Hbond substituents is 1. The van der Waals surface area contributed by atoms with Crippen LogP contribution >= 0.6 is 11.6 Å². The first-order valence-electron chi connectivity index (χ1n) is 7.33. The Hall–Kier alpha value is -2.79. The first kappa shape index (κ1) is 17.6. The molecule has 0 atom stereocenters. The number of nitrogens with one attached hydrogen (secondary N) is 2. The average Bonchev–Trinajstić information content (AvgIpc) is 2.56. The summed E-state index contributed by atoms with van der Waals surface area (Å²) in [5.41, 5.74) is 4.42. The highest BCUT2D eigenvalue weighted by Gasteiger charge is 2.04. The molecule has 24 heavy (non-hydrogen) atoms. The highest BCUT2D eigenvalue weighted by atomic mass is 35.5. The number of hydrazone groups is 1. The van der Waals surface area contributed by atoms with Crippen LogP contribution in [-0.4, -0.2) is 23.8 Å². The zero-order valence-corrected chi connectivity index (χ0v) is 13.8. The predicted molar refractivity (Wildman–Crippen MR) is 97.7 cm³/mol. The Labute approximate surface area is 145 Å². The smallest absolute Gasteiger partial charge is 0.259 e.